The number of ketones is 1. The molecule has 0 bridgehead atoms. The van der Waals surface area contributed by atoms with E-state index in [9.17, 15) is 4.79 Å². The molecule has 0 unspecified atom stereocenters. The minimum absolute atomic E-state index is 0.463. The normalized spacial score (nSPS) is 35.9. The van der Waals surface area contributed by atoms with Gasteiger partial charge in [0.2, 0.25) is 0 Å². The Morgan fingerprint density at radius 3 is 2.21 bits per heavy atom. The van der Waals surface area contributed by atoms with Gasteiger partial charge in [0.15, 0.2) is 0 Å². The Hall–Kier alpha value is -0.370. The minimum atomic E-state index is 0.463. The SMILES string of the molecule is C[C@H]1CC[C@@H](N2CCC(=O)CC2)CC1. The molecule has 0 amide bonds. The lowest BCUT2D eigenvalue weighted by Gasteiger charge is -2.37. The van der Waals surface area contributed by atoms with Crippen molar-refractivity contribution in [2.45, 2.75) is 51.5 Å². The van der Waals surface area contributed by atoms with E-state index in [0.717, 1.165) is 37.9 Å². The van der Waals surface area contributed by atoms with Gasteiger partial charge < -0.3 is 0 Å². The Kier molecular flexibility index (Phi) is 3.22. The fourth-order valence-corrected chi connectivity index (χ4v) is 2.75. The molecule has 2 fully saturated rings. The highest BCUT2D eigenvalue weighted by Gasteiger charge is 2.26. The summed E-state index contributed by atoms with van der Waals surface area (Å²) >= 11 is 0. The van der Waals surface area contributed by atoms with Crippen LogP contribution in [0.2, 0.25) is 0 Å². The number of hydrogen-bond acceptors (Lipinski definition) is 2. The van der Waals surface area contributed by atoms with Gasteiger partial charge in [-0.05, 0) is 31.6 Å². The van der Waals surface area contributed by atoms with Gasteiger partial charge in [0.25, 0.3) is 0 Å². The number of carbonyl (C=O) groups is 1. The number of Topliss-reactive ketones (excluding diaryl/α,β-unsaturated/α-hetero) is 1. The van der Waals surface area contributed by atoms with Crippen molar-refractivity contribution in [3.63, 3.8) is 0 Å². The second-order valence-corrected chi connectivity index (χ2v) is 4.99. The molecule has 0 radical (unpaired) electrons. The summed E-state index contributed by atoms with van der Waals surface area (Å²) in [6.07, 6.45) is 7.08. The van der Waals surface area contributed by atoms with E-state index >= 15 is 0 Å². The number of piperidine rings is 1. The van der Waals surface area contributed by atoms with Gasteiger partial charge in [-0.1, -0.05) is 6.92 Å². The van der Waals surface area contributed by atoms with Crippen molar-refractivity contribution in [2.24, 2.45) is 5.92 Å². The first-order chi connectivity index (χ1) is 6.75. The zero-order valence-corrected chi connectivity index (χ0v) is 9.17. The van der Waals surface area contributed by atoms with Crippen molar-refractivity contribution >= 4 is 5.78 Å². The summed E-state index contributed by atoms with van der Waals surface area (Å²) in [6.45, 7) is 4.41. The molecule has 1 heterocycles. The maximum Gasteiger partial charge on any atom is 0.135 e. The van der Waals surface area contributed by atoms with Gasteiger partial charge in [0, 0.05) is 32.0 Å². The third-order valence-corrected chi connectivity index (χ3v) is 3.86. The van der Waals surface area contributed by atoms with Crippen LogP contribution in [0, 0.1) is 5.92 Å². The van der Waals surface area contributed by atoms with Crippen LogP contribution in [0.4, 0.5) is 0 Å². The number of likely N-dealkylation sites (tertiary alicyclic amines) is 1. The molecule has 80 valence electrons. The summed E-state index contributed by atoms with van der Waals surface area (Å²) in [5.74, 6) is 1.39. The minimum Gasteiger partial charge on any atom is -0.300 e. The fraction of sp³-hybridized carbons (Fsp3) is 0.917. The Bertz CT molecular complexity index is 196. The van der Waals surface area contributed by atoms with Gasteiger partial charge in [0.05, 0.1) is 0 Å². The molecule has 0 aromatic heterocycles. The maximum atomic E-state index is 11.1. The van der Waals surface area contributed by atoms with Crippen LogP contribution >= 0.6 is 0 Å². The van der Waals surface area contributed by atoms with E-state index < -0.39 is 0 Å². The molecule has 14 heavy (non-hydrogen) atoms. The van der Waals surface area contributed by atoms with Crippen LogP contribution in [0.25, 0.3) is 0 Å². The summed E-state index contributed by atoms with van der Waals surface area (Å²) in [5, 5.41) is 0. The lowest BCUT2D eigenvalue weighted by Crippen LogP contribution is -2.43. The maximum absolute atomic E-state index is 11.1. The van der Waals surface area contributed by atoms with Crippen molar-refractivity contribution in [3.8, 4) is 0 Å². The Morgan fingerprint density at radius 1 is 1.07 bits per heavy atom. The number of rotatable bonds is 1. The van der Waals surface area contributed by atoms with E-state index in [4.69, 9.17) is 0 Å². The van der Waals surface area contributed by atoms with Gasteiger partial charge in [-0.2, -0.15) is 0 Å². The van der Waals surface area contributed by atoms with Gasteiger partial charge in [0.1, 0.15) is 5.78 Å². The van der Waals surface area contributed by atoms with Crippen molar-refractivity contribution in [1.29, 1.82) is 0 Å². The van der Waals surface area contributed by atoms with Gasteiger partial charge in [-0.25, -0.2) is 0 Å². The molecular formula is C12H21NO. The second-order valence-electron chi connectivity index (χ2n) is 4.99. The lowest BCUT2D eigenvalue weighted by molar-refractivity contribution is -0.122. The first kappa shape index (κ1) is 10.2. The number of carbonyl (C=O) groups excluding carboxylic acids is 1. The van der Waals surface area contributed by atoms with Gasteiger partial charge in [-0.15, -0.1) is 0 Å². The molecule has 2 aliphatic rings. The molecule has 1 saturated heterocycles. The topological polar surface area (TPSA) is 20.3 Å². The predicted molar refractivity (Wildman–Crippen MR) is 57.2 cm³/mol. The van der Waals surface area contributed by atoms with E-state index in [1.807, 2.05) is 0 Å². The predicted octanol–water partition coefficient (Wildman–Crippen LogP) is 2.23. The van der Waals surface area contributed by atoms with Crippen LogP contribution < -0.4 is 0 Å². The van der Waals surface area contributed by atoms with E-state index in [-0.39, 0.29) is 0 Å². The summed E-state index contributed by atoms with van der Waals surface area (Å²) in [6, 6.07) is 0.791. The molecular weight excluding hydrogens is 174 g/mol. The fourth-order valence-electron chi connectivity index (χ4n) is 2.75. The van der Waals surface area contributed by atoms with Gasteiger partial charge >= 0.3 is 0 Å². The highest BCUT2D eigenvalue weighted by Crippen LogP contribution is 2.28. The first-order valence-corrected chi connectivity index (χ1v) is 6.01. The zero-order valence-electron chi connectivity index (χ0n) is 9.17. The Balaban J connectivity index is 1.81. The molecule has 1 aliphatic carbocycles. The largest absolute Gasteiger partial charge is 0.300 e. The number of nitrogens with zero attached hydrogens (tertiary/aromatic N) is 1. The van der Waals surface area contributed by atoms with Crippen LogP contribution in [0.15, 0.2) is 0 Å². The molecule has 2 nitrogen and oxygen atoms in total. The number of hydrogen-bond donors (Lipinski definition) is 0. The first-order valence-electron chi connectivity index (χ1n) is 6.01. The molecule has 0 aromatic rings. The van der Waals surface area contributed by atoms with Gasteiger partial charge in [-0.3, -0.25) is 9.69 Å². The monoisotopic (exact) mass is 195 g/mol. The van der Waals surface area contributed by atoms with E-state index in [2.05, 4.69) is 11.8 Å². The highest BCUT2D eigenvalue weighted by molar-refractivity contribution is 5.79. The van der Waals surface area contributed by atoms with Crippen LogP contribution in [0.3, 0.4) is 0 Å². The molecule has 0 atom stereocenters. The second kappa shape index (κ2) is 4.43. The molecule has 0 N–H and O–H groups in total. The summed E-state index contributed by atoms with van der Waals surface area (Å²) < 4.78 is 0. The van der Waals surface area contributed by atoms with Crippen LogP contribution in [-0.2, 0) is 4.79 Å². The molecule has 0 spiro atoms. The summed E-state index contributed by atoms with van der Waals surface area (Å²) in [5.41, 5.74) is 0. The lowest BCUT2D eigenvalue weighted by atomic mass is 9.86. The van der Waals surface area contributed by atoms with E-state index in [1.54, 1.807) is 0 Å². The van der Waals surface area contributed by atoms with Crippen molar-refractivity contribution in [1.82, 2.24) is 4.90 Å². The van der Waals surface area contributed by atoms with Crippen molar-refractivity contribution in [3.05, 3.63) is 0 Å². The molecule has 0 aromatic carbocycles. The Labute approximate surface area is 86.7 Å². The summed E-state index contributed by atoms with van der Waals surface area (Å²) in [4.78, 5) is 13.7. The average molecular weight is 195 g/mol. The third-order valence-electron chi connectivity index (χ3n) is 3.86. The van der Waals surface area contributed by atoms with E-state index in [0.29, 0.717) is 5.78 Å². The van der Waals surface area contributed by atoms with E-state index in [1.165, 1.54) is 25.7 Å². The molecule has 1 saturated carbocycles. The van der Waals surface area contributed by atoms with Crippen LogP contribution in [0.1, 0.15) is 45.4 Å². The van der Waals surface area contributed by atoms with Crippen LogP contribution in [-0.4, -0.2) is 29.8 Å². The third kappa shape index (κ3) is 2.35. The average Bonchev–Trinajstić information content (AvgIpc) is 2.21. The van der Waals surface area contributed by atoms with Crippen molar-refractivity contribution < 1.29 is 4.79 Å². The summed E-state index contributed by atoms with van der Waals surface area (Å²) in [7, 11) is 0. The smallest absolute Gasteiger partial charge is 0.135 e. The molecule has 2 heteroatoms. The highest BCUT2D eigenvalue weighted by atomic mass is 16.1. The van der Waals surface area contributed by atoms with Crippen LogP contribution in [0.5, 0.6) is 0 Å². The van der Waals surface area contributed by atoms with Crippen molar-refractivity contribution in [2.75, 3.05) is 13.1 Å². The Morgan fingerprint density at radius 2 is 1.64 bits per heavy atom. The quantitative estimate of drug-likeness (QED) is 0.639. The standard InChI is InChI=1S/C12H21NO/c1-10-2-4-11(5-3-10)13-8-6-12(14)7-9-13/h10-11H,2-9H2,1H3/t10-,11+. The molecule has 1 aliphatic heterocycles. The molecule has 2 rings (SSSR count). The zero-order chi connectivity index (χ0) is 9.97.